The second kappa shape index (κ2) is 4.83. The van der Waals surface area contributed by atoms with Gasteiger partial charge in [-0.05, 0) is 18.6 Å². The lowest BCUT2D eigenvalue weighted by molar-refractivity contribution is 0.0561. The molecule has 1 aliphatic rings. The highest BCUT2D eigenvalue weighted by Gasteiger charge is 2.37. The Morgan fingerprint density at radius 1 is 1.44 bits per heavy atom. The molecule has 1 aliphatic heterocycles. The monoisotopic (exact) mass is 250 g/mol. The van der Waals surface area contributed by atoms with Crippen molar-refractivity contribution in [1.29, 1.82) is 0 Å². The first kappa shape index (κ1) is 12.7. The Balaban J connectivity index is 2.33. The lowest BCUT2D eigenvalue weighted by atomic mass is 10.1. The predicted molar refractivity (Wildman–Crippen MR) is 62.0 cm³/mol. The number of aliphatic hydroxyl groups is 1. The van der Waals surface area contributed by atoms with Crippen LogP contribution in [0.4, 0.5) is 0 Å². The summed E-state index contributed by atoms with van der Waals surface area (Å²) in [5, 5.41) is 9.28. The van der Waals surface area contributed by atoms with Crippen LogP contribution in [-0.2, 0) is 11.3 Å². The Bertz CT molecular complexity index is 499. The van der Waals surface area contributed by atoms with E-state index >= 15 is 0 Å². The molecule has 0 saturated heterocycles. The number of aromatic nitrogens is 1. The zero-order valence-corrected chi connectivity index (χ0v) is 10.2. The van der Waals surface area contributed by atoms with Crippen LogP contribution in [0, 0.1) is 0 Å². The van der Waals surface area contributed by atoms with Crippen molar-refractivity contribution in [3.63, 3.8) is 0 Å². The number of hydrogen-bond acceptors (Lipinski definition) is 5. The maximum Gasteiger partial charge on any atom is 0.280 e. The molecule has 1 unspecified atom stereocenters. The summed E-state index contributed by atoms with van der Waals surface area (Å²) in [6.45, 7) is 1.83. The Morgan fingerprint density at radius 3 is 2.78 bits per heavy atom. The molecule has 18 heavy (non-hydrogen) atoms. The molecular formula is C12H14N2O4. The fourth-order valence-corrected chi connectivity index (χ4v) is 1.88. The van der Waals surface area contributed by atoms with Crippen LogP contribution in [0.15, 0.2) is 12.3 Å². The van der Waals surface area contributed by atoms with Gasteiger partial charge in [0.05, 0.1) is 24.8 Å². The number of methoxy groups -OCH3 is 1. The number of nitrogens with zero attached hydrogens (tertiary/aromatic N) is 2. The quantitative estimate of drug-likeness (QED) is 0.772. The van der Waals surface area contributed by atoms with Crippen LogP contribution in [0.5, 0.6) is 0 Å². The lowest BCUT2D eigenvalue weighted by Gasteiger charge is -2.14. The van der Waals surface area contributed by atoms with Crippen LogP contribution in [-0.4, -0.2) is 46.6 Å². The van der Waals surface area contributed by atoms with Gasteiger partial charge in [-0.25, -0.2) is 4.98 Å². The third-order valence-corrected chi connectivity index (χ3v) is 2.63. The van der Waals surface area contributed by atoms with Crippen molar-refractivity contribution in [3.8, 4) is 0 Å². The maximum atomic E-state index is 12.0. The molecule has 0 spiro atoms. The third-order valence-electron chi connectivity index (χ3n) is 2.63. The van der Waals surface area contributed by atoms with Gasteiger partial charge in [0.1, 0.15) is 5.69 Å². The number of aliphatic hydroxyl groups excluding tert-OH is 1. The van der Waals surface area contributed by atoms with E-state index in [9.17, 15) is 14.7 Å². The molecule has 2 rings (SSSR count). The molecule has 96 valence electrons. The Labute approximate surface area is 104 Å². The summed E-state index contributed by atoms with van der Waals surface area (Å²) in [6.07, 6.45) is 0.755. The SMILES string of the molecule is COCc1cnc2c(c1)C(=O)N(CC(C)O)C2=O. The zero-order valence-electron chi connectivity index (χ0n) is 10.2. The number of carbonyl (C=O) groups is 2. The summed E-state index contributed by atoms with van der Waals surface area (Å²) in [5.74, 6) is -0.874. The molecule has 6 nitrogen and oxygen atoms in total. The first-order valence-corrected chi connectivity index (χ1v) is 5.56. The first-order chi connectivity index (χ1) is 8.54. The van der Waals surface area contributed by atoms with E-state index < -0.39 is 17.9 Å². The second-order valence-corrected chi connectivity index (χ2v) is 4.24. The highest BCUT2D eigenvalue weighted by molar-refractivity contribution is 6.20. The Kier molecular flexibility index (Phi) is 3.40. The van der Waals surface area contributed by atoms with Crippen LogP contribution >= 0.6 is 0 Å². The van der Waals surface area contributed by atoms with Gasteiger partial charge in [0.15, 0.2) is 0 Å². The number of hydrogen-bond donors (Lipinski definition) is 1. The standard InChI is InChI=1S/C12H14N2O4/c1-7(15)5-14-11(16)9-3-8(6-18-2)4-13-10(9)12(14)17/h3-4,7,15H,5-6H2,1-2H3. The number of fused-ring (bicyclic) bond motifs is 1. The van der Waals surface area contributed by atoms with Crippen LogP contribution in [0.2, 0.25) is 0 Å². The van der Waals surface area contributed by atoms with Crippen molar-refractivity contribution < 1.29 is 19.4 Å². The molecule has 1 aromatic rings. The number of ether oxygens (including phenoxy) is 1. The molecule has 0 saturated carbocycles. The normalized spacial score (nSPS) is 16.1. The number of amides is 2. The van der Waals surface area contributed by atoms with E-state index in [1.165, 1.54) is 13.1 Å². The smallest absolute Gasteiger partial charge is 0.280 e. The van der Waals surface area contributed by atoms with Crippen molar-refractivity contribution in [3.05, 3.63) is 29.1 Å². The van der Waals surface area contributed by atoms with Crippen LogP contribution in [0.25, 0.3) is 0 Å². The van der Waals surface area contributed by atoms with Crippen LogP contribution < -0.4 is 0 Å². The van der Waals surface area contributed by atoms with E-state index in [0.29, 0.717) is 6.61 Å². The van der Waals surface area contributed by atoms with Gasteiger partial charge in [-0.15, -0.1) is 0 Å². The first-order valence-electron chi connectivity index (χ1n) is 5.56. The molecule has 0 aliphatic carbocycles. The minimum atomic E-state index is -0.759. The summed E-state index contributed by atoms with van der Waals surface area (Å²) >= 11 is 0. The summed E-state index contributed by atoms with van der Waals surface area (Å²) < 4.78 is 4.95. The minimum Gasteiger partial charge on any atom is -0.392 e. The van der Waals surface area contributed by atoms with Crippen molar-refractivity contribution in [2.24, 2.45) is 0 Å². The fraction of sp³-hybridized carbons (Fsp3) is 0.417. The molecule has 0 aromatic carbocycles. The average molecular weight is 250 g/mol. The molecule has 1 atom stereocenters. The largest absolute Gasteiger partial charge is 0.392 e. The Hall–Kier alpha value is -1.79. The summed E-state index contributed by atoms with van der Waals surface area (Å²) in [5.41, 5.74) is 1.15. The highest BCUT2D eigenvalue weighted by Crippen LogP contribution is 2.22. The van der Waals surface area contributed by atoms with Crippen LogP contribution in [0.3, 0.4) is 0 Å². The van der Waals surface area contributed by atoms with Gasteiger partial charge in [0.2, 0.25) is 0 Å². The van der Waals surface area contributed by atoms with Crippen molar-refractivity contribution in [2.75, 3.05) is 13.7 Å². The molecule has 6 heteroatoms. The number of β-amino-alcohol motifs (C(OH)–C–C–N with tert-alkyl or cyclic N) is 1. The Morgan fingerprint density at radius 2 is 2.17 bits per heavy atom. The van der Waals surface area contributed by atoms with Gasteiger partial charge in [0, 0.05) is 13.3 Å². The molecule has 0 bridgehead atoms. The molecule has 0 fully saturated rings. The van der Waals surface area contributed by atoms with Gasteiger partial charge in [0.25, 0.3) is 11.8 Å². The van der Waals surface area contributed by atoms with Gasteiger partial charge in [-0.2, -0.15) is 0 Å². The molecule has 0 radical (unpaired) electrons. The van der Waals surface area contributed by atoms with E-state index in [-0.39, 0.29) is 17.8 Å². The van der Waals surface area contributed by atoms with E-state index in [4.69, 9.17) is 4.74 Å². The zero-order chi connectivity index (χ0) is 13.3. The second-order valence-electron chi connectivity index (χ2n) is 4.24. The fourth-order valence-electron chi connectivity index (χ4n) is 1.88. The predicted octanol–water partition coefficient (Wildman–Crippen LogP) is 0.205. The van der Waals surface area contributed by atoms with Gasteiger partial charge >= 0.3 is 0 Å². The van der Waals surface area contributed by atoms with Gasteiger partial charge in [-0.1, -0.05) is 0 Å². The molecule has 2 amide bonds. The third kappa shape index (κ3) is 2.12. The summed E-state index contributed by atoms with van der Waals surface area (Å²) in [4.78, 5) is 28.9. The van der Waals surface area contributed by atoms with E-state index in [1.54, 1.807) is 13.2 Å². The van der Waals surface area contributed by atoms with E-state index in [0.717, 1.165) is 10.5 Å². The molecular weight excluding hydrogens is 236 g/mol. The topological polar surface area (TPSA) is 79.7 Å². The molecule has 1 aromatic heterocycles. The van der Waals surface area contributed by atoms with Gasteiger partial charge in [-0.3, -0.25) is 14.5 Å². The number of carbonyl (C=O) groups excluding carboxylic acids is 2. The maximum absolute atomic E-state index is 12.0. The number of pyridine rings is 1. The summed E-state index contributed by atoms with van der Waals surface area (Å²) in [7, 11) is 1.54. The molecule has 1 N–H and O–H groups in total. The minimum absolute atomic E-state index is 0.0202. The van der Waals surface area contributed by atoms with Gasteiger partial charge < -0.3 is 9.84 Å². The highest BCUT2D eigenvalue weighted by atomic mass is 16.5. The van der Waals surface area contributed by atoms with E-state index in [1.807, 2.05) is 0 Å². The number of rotatable bonds is 4. The van der Waals surface area contributed by atoms with Crippen LogP contribution in [0.1, 0.15) is 33.3 Å². The average Bonchev–Trinajstić information content (AvgIpc) is 2.55. The lowest BCUT2D eigenvalue weighted by Crippen LogP contribution is -2.35. The van der Waals surface area contributed by atoms with E-state index in [2.05, 4.69) is 4.98 Å². The number of imide groups is 1. The van der Waals surface area contributed by atoms with Crippen molar-refractivity contribution in [1.82, 2.24) is 9.88 Å². The summed E-state index contributed by atoms with van der Waals surface area (Å²) in [6, 6.07) is 1.61. The molecule has 2 heterocycles. The van der Waals surface area contributed by atoms with Crippen molar-refractivity contribution in [2.45, 2.75) is 19.6 Å². The van der Waals surface area contributed by atoms with Crippen molar-refractivity contribution >= 4 is 11.8 Å².